The Morgan fingerprint density at radius 1 is 0.714 bits per heavy atom. The minimum Gasteiger partial charge on any atom is -0.493 e. The van der Waals surface area contributed by atoms with E-state index in [4.69, 9.17) is 18.9 Å². The predicted molar refractivity (Wildman–Crippen MR) is 138 cm³/mol. The summed E-state index contributed by atoms with van der Waals surface area (Å²) in [5, 5.41) is 13.8. The van der Waals surface area contributed by atoms with Gasteiger partial charge < -0.3 is 29.6 Å². The SMILES string of the molecule is COc1ccc(NC(=O)CSc2nnc(SCC(=O)Nc3ccc(OC)c(OC)c3)s2)cc1OC. The molecule has 186 valence electrons. The third kappa shape index (κ3) is 7.67. The largest absolute Gasteiger partial charge is 0.493 e. The first-order valence-corrected chi connectivity index (χ1v) is 12.9. The Bertz CT molecular complexity index is 1090. The quantitative estimate of drug-likeness (QED) is 0.328. The highest BCUT2D eigenvalue weighted by Gasteiger charge is 2.13. The van der Waals surface area contributed by atoms with E-state index >= 15 is 0 Å². The lowest BCUT2D eigenvalue weighted by Gasteiger charge is -2.10. The van der Waals surface area contributed by atoms with Crippen LogP contribution >= 0.6 is 34.9 Å². The van der Waals surface area contributed by atoms with Crippen LogP contribution in [0.2, 0.25) is 0 Å². The van der Waals surface area contributed by atoms with Crippen molar-refractivity contribution in [3.63, 3.8) is 0 Å². The lowest BCUT2D eigenvalue weighted by atomic mass is 10.2. The number of carbonyl (C=O) groups excluding carboxylic acids is 2. The molecule has 0 unspecified atom stereocenters. The molecule has 1 heterocycles. The number of rotatable bonds is 12. The van der Waals surface area contributed by atoms with Gasteiger partial charge in [-0.25, -0.2) is 0 Å². The molecule has 0 spiro atoms. The second-order valence-corrected chi connectivity index (χ2v) is 10.1. The lowest BCUT2D eigenvalue weighted by Crippen LogP contribution is -2.14. The van der Waals surface area contributed by atoms with Gasteiger partial charge in [-0.05, 0) is 24.3 Å². The summed E-state index contributed by atoms with van der Waals surface area (Å²) in [6, 6.07) is 10.3. The Morgan fingerprint density at radius 2 is 1.11 bits per heavy atom. The van der Waals surface area contributed by atoms with Crippen LogP contribution in [0, 0.1) is 0 Å². The molecule has 35 heavy (non-hydrogen) atoms. The Labute approximate surface area is 215 Å². The Kier molecular flexibility index (Phi) is 9.87. The molecule has 0 radical (unpaired) electrons. The van der Waals surface area contributed by atoms with E-state index in [0.29, 0.717) is 43.1 Å². The fourth-order valence-corrected chi connectivity index (χ4v) is 5.41. The van der Waals surface area contributed by atoms with Gasteiger partial charge in [-0.15, -0.1) is 10.2 Å². The van der Waals surface area contributed by atoms with E-state index in [1.165, 1.54) is 49.1 Å². The monoisotopic (exact) mass is 536 g/mol. The molecule has 10 nitrogen and oxygen atoms in total. The van der Waals surface area contributed by atoms with E-state index in [1.807, 2.05) is 0 Å². The number of benzene rings is 2. The summed E-state index contributed by atoms with van der Waals surface area (Å²) in [7, 11) is 6.16. The van der Waals surface area contributed by atoms with Crippen molar-refractivity contribution in [1.29, 1.82) is 0 Å². The third-order valence-electron chi connectivity index (χ3n) is 4.38. The van der Waals surface area contributed by atoms with Crippen molar-refractivity contribution in [2.24, 2.45) is 0 Å². The van der Waals surface area contributed by atoms with Crippen molar-refractivity contribution in [3.8, 4) is 23.0 Å². The summed E-state index contributed by atoms with van der Waals surface area (Å²) >= 11 is 3.86. The first-order chi connectivity index (χ1) is 16.9. The normalized spacial score (nSPS) is 10.4. The zero-order valence-corrected chi connectivity index (χ0v) is 21.9. The van der Waals surface area contributed by atoms with Crippen molar-refractivity contribution in [3.05, 3.63) is 36.4 Å². The van der Waals surface area contributed by atoms with Gasteiger partial charge in [-0.2, -0.15) is 0 Å². The van der Waals surface area contributed by atoms with Crippen LogP contribution in [0.5, 0.6) is 23.0 Å². The number of amides is 2. The first-order valence-electron chi connectivity index (χ1n) is 10.1. The molecule has 0 aliphatic heterocycles. The van der Waals surface area contributed by atoms with E-state index < -0.39 is 0 Å². The molecule has 3 rings (SSSR count). The molecule has 3 aromatic rings. The average Bonchev–Trinajstić information content (AvgIpc) is 3.34. The second kappa shape index (κ2) is 13.1. The van der Waals surface area contributed by atoms with Crippen LogP contribution in [0.4, 0.5) is 11.4 Å². The van der Waals surface area contributed by atoms with Crippen LogP contribution in [0.3, 0.4) is 0 Å². The van der Waals surface area contributed by atoms with Gasteiger partial charge >= 0.3 is 0 Å². The summed E-state index contributed by atoms with van der Waals surface area (Å²) in [5.74, 6) is 2.15. The molecular weight excluding hydrogens is 512 g/mol. The van der Waals surface area contributed by atoms with E-state index in [2.05, 4.69) is 20.8 Å². The average molecular weight is 537 g/mol. The molecule has 0 atom stereocenters. The van der Waals surface area contributed by atoms with Gasteiger partial charge in [0.25, 0.3) is 0 Å². The molecule has 2 amide bonds. The highest BCUT2D eigenvalue weighted by atomic mass is 32.2. The maximum atomic E-state index is 12.3. The van der Waals surface area contributed by atoms with Gasteiger partial charge in [0.05, 0.1) is 39.9 Å². The summed E-state index contributed by atoms with van der Waals surface area (Å²) in [6.07, 6.45) is 0. The van der Waals surface area contributed by atoms with Crippen LogP contribution in [0.1, 0.15) is 0 Å². The molecule has 0 aliphatic carbocycles. The smallest absolute Gasteiger partial charge is 0.234 e. The first kappa shape index (κ1) is 26.4. The van der Waals surface area contributed by atoms with Crippen LogP contribution in [0.15, 0.2) is 45.1 Å². The van der Waals surface area contributed by atoms with E-state index in [9.17, 15) is 9.59 Å². The van der Waals surface area contributed by atoms with Crippen molar-refractivity contribution < 1.29 is 28.5 Å². The summed E-state index contributed by atoms with van der Waals surface area (Å²) in [5.41, 5.74) is 1.20. The molecule has 0 fully saturated rings. The molecule has 0 aliphatic rings. The van der Waals surface area contributed by atoms with E-state index in [1.54, 1.807) is 50.6 Å². The fourth-order valence-electron chi connectivity index (χ4n) is 2.79. The summed E-state index contributed by atoms with van der Waals surface area (Å²) in [4.78, 5) is 24.6. The van der Waals surface area contributed by atoms with E-state index in [0.717, 1.165) is 0 Å². The van der Waals surface area contributed by atoms with Gasteiger partial charge in [-0.3, -0.25) is 9.59 Å². The third-order valence-corrected chi connectivity index (χ3v) is 7.57. The second-order valence-electron chi connectivity index (χ2n) is 6.65. The standard InChI is InChI=1S/C22H24N4O6S3/c1-29-15-7-5-13(9-17(15)31-3)23-19(27)11-33-21-25-26-22(35-21)34-12-20(28)24-14-6-8-16(30-2)18(10-14)32-4/h5-10H,11-12H2,1-4H3,(H,23,27)(H,24,28). The van der Waals surface area contributed by atoms with Crippen molar-refractivity contribution in [2.45, 2.75) is 8.68 Å². The van der Waals surface area contributed by atoms with Gasteiger partial charge in [-0.1, -0.05) is 34.9 Å². The van der Waals surface area contributed by atoms with Gasteiger partial charge in [0.1, 0.15) is 0 Å². The number of ether oxygens (including phenoxy) is 4. The number of nitrogens with one attached hydrogen (secondary N) is 2. The number of thioether (sulfide) groups is 2. The Hall–Kier alpha value is -3.16. The molecule has 0 saturated carbocycles. The summed E-state index contributed by atoms with van der Waals surface area (Å²) in [6.45, 7) is 0. The molecule has 1 aromatic heterocycles. The lowest BCUT2D eigenvalue weighted by molar-refractivity contribution is -0.114. The maximum absolute atomic E-state index is 12.3. The zero-order valence-electron chi connectivity index (χ0n) is 19.4. The molecular formula is C22H24N4O6S3. The molecule has 0 bridgehead atoms. The number of hydrogen-bond acceptors (Lipinski definition) is 11. The zero-order chi connectivity index (χ0) is 25.2. The van der Waals surface area contributed by atoms with Crippen LogP contribution in [-0.2, 0) is 9.59 Å². The molecule has 0 saturated heterocycles. The molecule has 13 heteroatoms. The summed E-state index contributed by atoms with van der Waals surface area (Å²) < 4.78 is 22.1. The Morgan fingerprint density at radius 3 is 1.49 bits per heavy atom. The number of nitrogens with zero attached hydrogens (tertiary/aromatic N) is 2. The number of anilines is 2. The van der Waals surface area contributed by atoms with Crippen LogP contribution < -0.4 is 29.6 Å². The van der Waals surface area contributed by atoms with Gasteiger partial charge in [0.2, 0.25) is 11.8 Å². The van der Waals surface area contributed by atoms with Crippen molar-refractivity contribution >= 4 is 58.0 Å². The highest BCUT2D eigenvalue weighted by Crippen LogP contribution is 2.32. The van der Waals surface area contributed by atoms with Gasteiger partial charge in [0, 0.05) is 23.5 Å². The maximum Gasteiger partial charge on any atom is 0.234 e. The van der Waals surface area contributed by atoms with E-state index in [-0.39, 0.29) is 23.3 Å². The minimum atomic E-state index is -0.194. The van der Waals surface area contributed by atoms with Gasteiger partial charge in [0.15, 0.2) is 31.7 Å². The predicted octanol–water partition coefficient (Wildman–Crippen LogP) is 4.03. The van der Waals surface area contributed by atoms with Crippen LogP contribution in [0.25, 0.3) is 0 Å². The Balaban J connectivity index is 1.45. The number of methoxy groups -OCH3 is 4. The highest BCUT2D eigenvalue weighted by molar-refractivity contribution is 8.03. The molecule has 2 aromatic carbocycles. The molecule has 2 N–H and O–H groups in total. The minimum absolute atomic E-state index is 0.160. The van der Waals surface area contributed by atoms with Crippen LogP contribution in [-0.4, -0.2) is 62.0 Å². The van der Waals surface area contributed by atoms with Crippen molar-refractivity contribution in [2.75, 3.05) is 50.6 Å². The fraction of sp³-hybridized carbons (Fsp3) is 0.273. The number of carbonyl (C=O) groups is 2. The van der Waals surface area contributed by atoms with Crippen molar-refractivity contribution in [1.82, 2.24) is 10.2 Å². The number of aromatic nitrogens is 2. The number of hydrogen-bond donors (Lipinski definition) is 2. The topological polar surface area (TPSA) is 121 Å².